The van der Waals surface area contributed by atoms with Gasteiger partial charge in [0, 0.05) is 26.0 Å². The number of H-pyrrole nitrogens is 2. The Balaban J connectivity index is 1.56. The highest BCUT2D eigenvalue weighted by Gasteiger charge is 2.12. The minimum Gasteiger partial charge on any atom is -0.486 e. The van der Waals surface area contributed by atoms with Crippen LogP contribution in [0.4, 0.5) is 0 Å². The number of aromatic amines is 2. The van der Waals surface area contributed by atoms with Crippen LogP contribution in [-0.4, -0.2) is 44.0 Å². The molecule has 0 aliphatic heterocycles. The lowest BCUT2D eigenvalue weighted by Gasteiger charge is -2.08. The summed E-state index contributed by atoms with van der Waals surface area (Å²) in [4.78, 5) is 35.9. The number of amidine groups is 1. The van der Waals surface area contributed by atoms with Crippen molar-refractivity contribution in [3.63, 3.8) is 0 Å². The van der Waals surface area contributed by atoms with Crippen LogP contribution in [-0.2, 0) is 6.54 Å². The highest BCUT2D eigenvalue weighted by Crippen LogP contribution is 2.21. The number of halogens is 1. The number of aromatic nitrogens is 5. The van der Waals surface area contributed by atoms with Gasteiger partial charge in [-0.15, -0.1) is 0 Å². The highest BCUT2D eigenvalue weighted by atomic mass is 79.9. The molecule has 0 saturated carbocycles. The molecule has 4 rings (SSSR count). The zero-order valence-corrected chi connectivity index (χ0v) is 20.0. The average Bonchev–Trinajstić information content (AvgIpc) is 3.23. The Hall–Kier alpha value is -3.53. The van der Waals surface area contributed by atoms with Crippen LogP contribution in [0.5, 0.6) is 5.75 Å². The smallest absolute Gasteiger partial charge is 0.328 e. The van der Waals surface area contributed by atoms with Crippen molar-refractivity contribution in [2.24, 2.45) is 9.98 Å². The molecule has 0 spiro atoms. The molecule has 0 amide bonds. The van der Waals surface area contributed by atoms with Gasteiger partial charge in [0.1, 0.15) is 17.9 Å². The van der Waals surface area contributed by atoms with Crippen LogP contribution in [0.15, 0.2) is 68.3 Å². The van der Waals surface area contributed by atoms with Gasteiger partial charge in [-0.1, -0.05) is 31.5 Å². The molecule has 4 aromatic rings. The predicted molar refractivity (Wildman–Crippen MR) is 131 cm³/mol. The van der Waals surface area contributed by atoms with Crippen molar-refractivity contribution in [2.45, 2.75) is 26.3 Å². The summed E-state index contributed by atoms with van der Waals surface area (Å²) >= 11 is 3.36. The number of aryl methyl sites for hydroxylation is 1. The number of hydrogen-bond acceptors (Lipinski definition) is 5. The van der Waals surface area contributed by atoms with Gasteiger partial charge >= 0.3 is 5.69 Å². The first-order valence-corrected chi connectivity index (χ1v) is 11.4. The van der Waals surface area contributed by atoms with Crippen LogP contribution >= 0.6 is 15.9 Å². The lowest BCUT2D eigenvalue weighted by Crippen LogP contribution is -2.32. The maximum atomic E-state index is 12.7. The van der Waals surface area contributed by atoms with Crippen LogP contribution in [0.1, 0.15) is 19.8 Å². The molecule has 0 bridgehead atoms. The second-order valence-corrected chi connectivity index (χ2v) is 8.07. The fourth-order valence-electron chi connectivity index (χ4n) is 3.33. The molecule has 0 saturated heterocycles. The topological polar surface area (TPSA) is 113 Å². The van der Waals surface area contributed by atoms with Crippen molar-refractivity contribution >= 4 is 32.9 Å². The van der Waals surface area contributed by atoms with Gasteiger partial charge in [-0.05, 0) is 51.7 Å². The van der Waals surface area contributed by atoms with E-state index in [0.717, 1.165) is 24.0 Å². The number of rotatable bonds is 7. The van der Waals surface area contributed by atoms with Gasteiger partial charge < -0.3 is 9.72 Å². The monoisotopic (exact) mass is 509 g/mol. The van der Waals surface area contributed by atoms with E-state index in [0.29, 0.717) is 39.5 Å². The highest BCUT2D eigenvalue weighted by molar-refractivity contribution is 9.10. The Morgan fingerprint density at radius 1 is 1.18 bits per heavy atom. The van der Waals surface area contributed by atoms with E-state index in [9.17, 15) is 4.79 Å². The van der Waals surface area contributed by atoms with E-state index < -0.39 is 0 Å². The molecule has 9 nitrogen and oxygen atoms in total. The third-order valence-electron chi connectivity index (χ3n) is 5.07. The summed E-state index contributed by atoms with van der Waals surface area (Å²) in [5.41, 5.74) is 3.34. The first-order chi connectivity index (χ1) is 16.1. The zero-order valence-electron chi connectivity index (χ0n) is 18.4. The summed E-state index contributed by atoms with van der Waals surface area (Å²) in [6.45, 7) is 2.80. The summed E-state index contributed by atoms with van der Waals surface area (Å²) in [5.74, 6) is 1.12. The molecule has 10 heteroatoms. The number of benzene rings is 1. The van der Waals surface area contributed by atoms with Crippen LogP contribution in [0.2, 0.25) is 0 Å². The van der Waals surface area contributed by atoms with Crippen molar-refractivity contribution in [2.75, 3.05) is 13.7 Å². The summed E-state index contributed by atoms with van der Waals surface area (Å²) in [6.07, 6.45) is 5.41. The van der Waals surface area contributed by atoms with Gasteiger partial charge in [-0.3, -0.25) is 19.5 Å². The molecule has 0 aliphatic carbocycles. The van der Waals surface area contributed by atoms with Gasteiger partial charge in [0.2, 0.25) is 0 Å². The number of imidazole rings is 1. The van der Waals surface area contributed by atoms with Gasteiger partial charge in [-0.25, -0.2) is 14.8 Å². The van der Waals surface area contributed by atoms with Crippen molar-refractivity contribution in [1.82, 2.24) is 24.5 Å². The van der Waals surface area contributed by atoms with Crippen LogP contribution in [0.3, 0.4) is 0 Å². The van der Waals surface area contributed by atoms with E-state index in [1.807, 2.05) is 42.6 Å². The van der Waals surface area contributed by atoms with Crippen molar-refractivity contribution in [3.05, 3.63) is 69.5 Å². The maximum absolute atomic E-state index is 12.7. The third kappa shape index (κ3) is 5.28. The number of unbranched alkanes of at least 4 members (excludes halogenated alkanes) is 1. The molecule has 3 aromatic heterocycles. The minimum atomic E-state index is -0.268. The Labute approximate surface area is 198 Å². The second-order valence-electron chi connectivity index (χ2n) is 7.32. The minimum absolute atomic E-state index is 0.145. The largest absolute Gasteiger partial charge is 0.486 e. The quantitative estimate of drug-likeness (QED) is 0.224. The molecule has 0 aliphatic rings. The van der Waals surface area contributed by atoms with Crippen molar-refractivity contribution in [1.29, 1.82) is 0 Å². The van der Waals surface area contributed by atoms with E-state index in [4.69, 9.17) is 4.74 Å². The average molecular weight is 510 g/mol. The molecule has 33 heavy (non-hydrogen) atoms. The third-order valence-corrected chi connectivity index (χ3v) is 5.45. The Kier molecular flexibility index (Phi) is 7.13. The van der Waals surface area contributed by atoms with E-state index in [1.54, 1.807) is 17.8 Å². The molecule has 170 valence electrons. The van der Waals surface area contributed by atoms with Gasteiger partial charge in [0.25, 0.3) is 0 Å². The van der Waals surface area contributed by atoms with Gasteiger partial charge in [-0.2, -0.15) is 0 Å². The molecule has 0 fully saturated rings. The van der Waals surface area contributed by atoms with Crippen LogP contribution < -0.4 is 15.9 Å². The lowest BCUT2D eigenvalue weighted by atomic mass is 10.1. The van der Waals surface area contributed by atoms with Crippen LogP contribution in [0, 0.1) is 0 Å². The fraction of sp³-hybridized carbons (Fsp3) is 0.261. The number of aliphatic imine (C=N–C) groups is 1. The number of nitrogens with one attached hydrogen (secondary N) is 2. The Morgan fingerprint density at radius 2 is 2.00 bits per heavy atom. The maximum Gasteiger partial charge on any atom is 0.328 e. The second kappa shape index (κ2) is 10.4. The van der Waals surface area contributed by atoms with E-state index in [1.165, 1.54) is 0 Å². The standard InChI is InChI=1S/C23H24BrN7O2/c1-3-4-12-31-21-19(28-22(24)30-21)20(29-23(31)32)27-18(25-2)14-33-17-9-7-15(8-10-17)16-6-5-11-26-13-16/h5-11,13H,3-4,12,14H2,1-2H3,(H,28,30)(H,25,27,29,32). The number of fused-ring (bicyclic) bond motifs is 1. The molecule has 0 unspecified atom stereocenters. The van der Waals surface area contributed by atoms with E-state index in [-0.39, 0.29) is 12.3 Å². The summed E-state index contributed by atoms with van der Waals surface area (Å²) < 4.78 is 8.01. The molecule has 2 N–H and O–H groups in total. The predicted octanol–water partition coefficient (Wildman–Crippen LogP) is 3.69. The summed E-state index contributed by atoms with van der Waals surface area (Å²) in [7, 11) is 1.64. The molecular formula is C23H24BrN7O2. The summed E-state index contributed by atoms with van der Waals surface area (Å²) in [5, 5.41) is 0. The number of ether oxygens (including phenoxy) is 1. The number of hydrogen-bond donors (Lipinski definition) is 2. The number of pyridine rings is 1. The first-order valence-electron chi connectivity index (χ1n) is 10.6. The van der Waals surface area contributed by atoms with Crippen molar-refractivity contribution < 1.29 is 4.74 Å². The van der Waals surface area contributed by atoms with Crippen molar-refractivity contribution in [3.8, 4) is 16.9 Å². The first kappa shape index (κ1) is 22.7. The SMILES string of the molecule is CCCCn1c(=O)[nH]/c(=N\C(COc2ccc(-c3cccnc3)cc2)=N/C)c2[nH]c(Br)nc21. The Bertz CT molecular complexity index is 1390. The molecule has 0 radical (unpaired) electrons. The molecular weight excluding hydrogens is 486 g/mol. The van der Waals surface area contributed by atoms with Gasteiger partial charge in [0.15, 0.2) is 21.7 Å². The molecule has 1 aromatic carbocycles. The van der Waals surface area contributed by atoms with Crippen LogP contribution in [0.25, 0.3) is 22.3 Å². The lowest BCUT2D eigenvalue weighted by molar-refractivity contribution is 0.375. The van der Waals surface area contributed by atoms with E-state index >= 15 is 0 Å². The fourth-order valence-corrected chi connectivity index (χ4v) is 3.70. The summed E-state index contributed by atoms with van der Waals surface area (Å²) in [6, 6.07) is 11.6. The van der Waals surface area contributed by atoms with Gasteiger partial charge in [0.05, 0.1) is 0 Å². The van der Waals surface area contributed by atoms with E-state index in [2.05, 4.69) is 52.8 Å². The molecule has 0 atom stereocenters. The zero-order chi connectivity index (χ0) is 23.2. The molecule has 3 heterocycles. The normalized spacial score (nSPS) is 12.5. The number of nitrogens with zero attached hydrogens (tertiary/aromatic N) is 5. The Morgan fingerprint density at radius 3 is 2.70 bits per heavy atom.